The summed E-state index contributed by atoms with van der Waals surface area (Å²) in [5.41, 5.74) is 0. The van der Waals surface area contributed by atoms with Crippen molar-refractivity contribution >= 4 is 145 Å². The van der Waals surface area contributed by atoms with Crippen molar-refractivity contribution in [1.29, 1.82) is 0 Å². The summed E-state index contributed by atoms with van der Waals surface area (Å²) >= 11 is -3.31. The van der Waals surface area contributed by atoms with Crippen molar-refractivity contribution < 1.29 is 78.2 Å². The van der Waals surface area contributed by atoms with Crippen LogP contribution in [0.1, 0.15) is 0 Å². The SMILES string of the molecule is O=C(O)[C@H](O)[C@@H](O)[C@H](O)[C@H](O)CO.O=C(O)[C@H](O)[C@@H](O)[C@H](O)[C@H](O)CO.[Na].[Na].[Na].[O]=[Sb][O][Sb]=[O]. The molecule has 187 valence electrons. The molecule has 0 aliphatic rings. The van der Waals surface area contributed by atoms with Gasteiger partial charge in [0.05, 0.1) is 13.2 Å². The maximum atomic E-state index is 10.1. The van der Waals surface area contributed by atoms with Crippen molar-refractivity contribution in [2.24, 2.45) is 0 Å². The summed E-state index contributed by atoms with van der Waals surface area (Å²) in [6.45, 7) is -1.69. The van der Waals surface area contributed by atoms with Gasteiger partial charge in [0, 0.05) is 88.7 Å². The third kappa shape index (κ3) is 23.8. The molecule has 0 unspecified atom stereocenters. The summed E-state index contributed by atoms with van der Waals surface area (Å²) < 4.78 is 22.6. The van der Waals surface area contributed by atoms with Gasteiger partial charge in [-0.2, -0.15) is 0 Å². The summed E-state index contributed by atoms with van der Waals surface area (Å²) in [5, 5.41) is 104. The molecule has 0 aliphatic heterocycles. The van der Waals surface area contributed by atoms with Crippen LogP contribution in [0.2, 0.25) is 0 Å². The number of aliphatic hydroxyl groups is 10. The molecule has 34 heavy (non-hydrogen) atoms. The molecule has 3 radical (unpaired) electrons. The predicted molar refractivity (Wildman–Crippen MR) is 109 cm³/mol. The fourth-order valence-electron chi connectivity index (χ4n) is 1.35. The Morgan fingerprint density at radius 3 is 0.941 bits per heavy atom. The van der Waals surface area contributed by atoms with Gasteiger partial charge in [-0.15, -0.1) is 0 Å². The average molecular weight is 753 g/mol. The first kappa shape index (κ1) is 49.7. The van der Waals surface area contributed by atoms with Crippen molar-refractivity contribution in [3.8, 4) is 0 Å². The van der Waals surface area contributed by atoms with Gasteiger partial charge in [-0.3, -0.25) is 0 Å². The van der Waals surface area contributed by atoms with Gasteiger partial charge in [-0.25, -0.2) is 9.59 Å². The van der Waals surface area contributed by atoms with E-state index in [1.807, 2.05) is 0 Å². The number of rotatable bonds is 12. The molecule has 0 amide bonds. The monoisotopic (exact) mass is 751 g/mol. The molecule has 17 nitrogen and oxygen atoms in total. The van der Waals surface area contributed by atoms with Crippen LogP contribution < -0.4 is 0 Å². The molecule has 0 spiro atoms. The molecule has 0 saturated heterocycles. The summed E-state index contributed by atoms with van der Waals surface area (Å²) in [7, 11) is 0. The molecular formula is C12H24Na3O17Sb2. The van der Waals surface area contributed by atoms with Gasteiger partial charge < -0.3 is 61.3 Å². The standard InChI is InChI=1S/2C6H12O7.3Na.3O.2Sb/c2*7-1-2(8)3(9)4(10)5(11)6(12)13;;;;;;;;/h2*2-5,7-11H,1H2,(H,12,13);;;;;;;;/t2*2-,3-,4+,5-;;;;;;;;/m11......../s1. The molecule has 0 aromatic carbocycles. The molecule has 12 N–H and O–H groups in total. The van der Waals surface area contributed by atoms with Gasteiger partial charge in [0.1, 0.15) is 36.6 Å². The van der Waals surface area contributed by atoms with Crippen LogP contribution in [-0.2, 0) is 16.9 Å². The molecule has 0 aromatic rings. The van der Waals surface area contributed by atoms with E-state index < -0.39 is 118 Å². The summed E-state index contributed by atoms with van der Waals surface area (Å²) in [6, 6.07) is 0. The van der Waals surface area contributed by atoms with Gasteiger partial charge in [0.15, 0.2) is 12.2 Å². The van der Waals surface area contributed by atoms with E-state index in [2.05, 4.69) is 1.29 Å². The Bertz CT molecular complexity index is 492. The fraction of sp³-hybridized carbons (Fsp3) is 0.833. The number of aliphatic carboxylic acids is 2. The molecule has 8 atom stereocenters. The molecule has 0 heterocycles. The van der Waals surface area contributed by atoms with Gasteiger partial charge in [0.25, 0.3) is 0 Å². The number of carboxylic acid groups (broad SMARTS) is 2. The van der Waals surface area contributed by atoms with Crippen LogP contribution in [0.15, 0.2) is 0 Å². The molecule has 0 aromatic heterocycles. The van der Waals surface area contributed by atoms with E-state index in [9.17, 15) is 15.6 Å². The van der Waals surface area contributed by atoms with Gasteiger partial charge in [0.2, 0.25) is 0 Å². The van der Waals surface area contributed by atoms with E-state index in [0.29, 0.717) is 0 Å². The van der Waals surface area contributed by atoms with Gasteiger partial charge in [-0.05, 0) is 0 Å². The van der Waals surface area contributed by atoms with Crippen molar-refractivity contribution in [3.05, 3.63) is 0 Å². The van der Waals surface area contributed by atoms with Crippen LogP contribution in [0.3, 0.4) is 0 Å². The molecule has 0 rings (SSSR count). The number of carbonyl (C=O) groups is 2. The Hall–Kier alpha value is 2.74. The Labute approximate surface area is 281 Å². The number of aliphatic hydroxyl groups excluding tert-OH is 10. The Balaban J connectivity index is -0.0000000897. The molecule has 0 saturated carbocycles. The topological polar surface area (TPSA) is 320 Å². The molecule has 0 fully saturated rings. The zero-order valence-corrected chi connectivity index (χ0v) is 29.4. The van der Waals surface area contributed by atoms with E-state index in [4.69, 9.17) is 61.3 Å². The van der Waals surface area contributed by atoms with Crippen LogP contribution in [0.4, 0.5) is 0 Å². The number of carboxylic acids is 2. The third-order valence-corrected chi connectivity index (χ3v) is 6.02. The second kappa shape index (κ2) is 30.3. The Morgan fingerprint density at radius 1 is 0.588 bits per heavy atom. The molecule has 22 heteroatoms. The first-order valence-electron chi connectivity index (χ1n) is 7.68. The summed E-state index contributed by atoms with van der Waals surface area (Å²) in [6.07, 6.45) is -15.7. The number of hydrogen-bond acceptors (Lipinski definition) is 15. The second-order valence-electron chi connectivity index (χ2n) is 5.26. The van der Waals surface area contributed by atoms with Gasteiger partial charge in [-0.1, -0.05) is 0 Å². The number of hydrogen-bond donors (Lipinski definition) is 12. The van der Waals surface area contributed by atoms with E-state index in [1.165, 1.54) is 0 Å². The minimum absolute atomic E-state index is 0. The summed E-state index contributed by atoms with van der Waals surface area (Å²) in [5.74, 6) is -3.45. The van der Waals surface area contributed by atoms with Crippen LogP contribution in [0, 0.1) is 0 Å². The van der Waals surface area contributed by atoms with E-state index >= 15 is 0 Å². The van der Waals surface area contributed by atoms with E-state index in [0.717, 1.165) is 0 Å². The van der Waals surface area contributed by atoms with Crippen molar-refractivity contribution in [2.75, 3.05) is 13.2 Å². The third-order valence-electron chi connectivity index (χ3n) is 3.08. The van der Waals surface area contributed by atoms with Crippen molar-refractivity contribution in [2.45, 2.75) is 48.8 Å². The van der Waals surface area contributed by atoms with Crippen LogP contribution in [0.5, 0.6) is 0 Å². The zero-order valence-electron chi connectivity index (χ0n) is 18.3. The van der Waals surface area contributed by atoms with Gasteiger partial charge >= 0.3 is 63.3 Å². The van der Waals surface area contributed by atoms with Crippen LogP contribution in [0.25, 0.3) is 0 Å². The molecular weight excluding hydrogens is 729 g/mol. The first-order valence-corrected chi connectivity index (χ1v) is 11.8. The van der Waals surface area contributed by atoms with E-state index in [1.54, 1.807) is 0 Å². The Kier molecular flexibility index (Phi) is 44.2. The second-order valence-corrected chi connectivity index (χ2v) is 9.70. The van der Waals surface area contributed by atoms with Crippen LogP contribution in [-0.4, -0.2) is 268 Å². The molecule has 0 bridgehead atoms. The Morgan fingerprint density at radius 2 is 0.824 bits per heavy atom. The predicted octanol–water partition coefficient (Wildman–Crippen LogP) is -9.20. The fourth-order valence-corrected chi connectivity index (χ4v) is 1.95. The molecule has 0 aliphatic carbocycles. The van der Waals surface area contributed by atoms with Crippen molar-refractivity contribution in [3.63, 3.8) is 0 Å². The van der Waals surface area contributed by atoms with E-state index in [-0.39, 0.29) is 88.7 Å². The van der Waals surface area contributed by atoms with Crippen molar-refractivity contribution in [1.82, 2.24) is 0 Å². The maximum absolute atomic E-state index is 10.1. The quantitative estimate of drug-likeness (QED) is 0.0824. The first-order chi connectivity index (χ1) is 14.2. The van der Waals surface area contributed by atoms with Crippen LogP contribution >= 0.6 is 0 Å². The average Bonchev–Trinajstić information content (AvgIpc) is 2.75. The zero-order chi connectivity index (χ0) is 25.3. The minimum atomic E-state index is -2.20. The normalized spacial score (nSPS) is 16.5. The summed E-state index contributed by atoms with van der Waals surface area (Å²) in [4.78, 5) is 20.2.